The highest BCUT2D eigenvalue weighted by Crippen LogP contribution is 2.35. The maximum absolute atomic E-state index is 12.7. The summed E-state index contributed by atoms with van der Waals surface area (Å²) in [6.07, 6.45) is 1.92. The zero-order chi connectivity index (χ0) is 19.0. The number of aryl methyl sites for hydroxylation is 1. The van der Waals surface area contributed by atoms with Crippen molar-refractivity contribution in [2.75, 3.05) is 13.7 Å². The van der Waals surface area contributed by atoms with Crippen LogP contribution in [-0.4, -0.2) is 46.3 Å². The van der Waals surface area contributed by atoms with Gasteiger partial charge in [0.1, 0.15) is 0 Å². The Morgan fingerprint density at radius 1 is 0.926 bits per heavy atom. The van der Waals surface area contributed by atoms with Gasteiger partial charge in [-0.2, -0.15) is 0 Å². The molecular weight excluding hydrogens is 342 g/mol. The Morgan fingerprint density at radius 2 is 1.59 bits per heavy atom. The number of rotatable bonds is 5. The summed E-state index contributed by atoms with van der Waals surface area (Å²) in [5.74, 6) is -1.52. The SMILES string of the molecule is CN(CN1C(=O)C(=O)N(Cc2ccccc2)C1=O)[C@H]1CCc2ccccc21. The summed E-state index contributed by atoms with van der Waals surface area (Å²) in [4.78, 5) is 41.5. The maximum atomic E-state index is 12.7. The maximum Gasteiger partial charge on any atom is 0.335 e. The zero-order valence-corrected chi connectivity index (χ0v) is 15.2. The van der Waals surface area contributed by atoms with Gasteiger partial charge >= 0.3 is 17.8 Å². The number of hydrogen-bond acceptors (Lipinski definition) is 4. The molecule has 2 aliphatic rings. The topological polar surface area (TPSA) is 60.9 Å². The Bertz CT molecular complexity index is 897. The molecule has 4 amide bonds. The predicted molar refractivity (Wildman–Crippen MR) is 99.4 cm³/mol. The van der Waals surface area contributed by atoms with Crippen LogP contribution in [0.1, 0.15) is 29.2 Å². The number of imide groups is 2. The van der Waals surface area contributed by atoms with Crippen molar-refractivity contribution in [1.82, 2.24) is 14.7 Å². The van der Waals surface area contributed by atoms with E-state index in [2.05, 4.69) is 12.1 Å². The minimum absolute atomic E-state index is 0.105. The van der Waals surface area contributed by atoms with Crippen LogP contribution >= 0.6 is 0 Å². The zero-order valence-electron chi connectivity index (χ0n) is 15.2. The minimum Gasteiger partial charge on any atom is -0.281 e. The number of amides is 4. The Kier molecular flexibility index (Phi) is 4.49. The van der Waals surface area contributed by atoms with Gasteiger partial charge in [-0.25, -0.2) is 9.69 Å². The molecule has 6 nitrogen and oxygen atoms in total. The van der Waals surface area contributed by atoms with Crippen LogP contribution in [0.4, 0.5) is 4.79 Å². The first-order valence-corrected chi connectivity index (χ1v) is 9.05. The highest BCUT2D eigenvalue weighted by molar-refractivity contribution is 6.44. The largest absolute Gasteiger partial charge is 0.335 e. The molecule has 1 saturated heterocycles. The van der Waals surface area contributed by atoms with Gasteiger partial charge in [0.15, 0.2) is 0 Å². The van der Waals surface area contributed by atoms with E-state index in [1.165, 1.54) is 11.1 Å². The Labute approximate surface area is 158 Å². The van der Waals surface area contributed by atoms with E-state index in [0.29, 0.717) is 0 Å². The van der Waals surface area contributed by atoms with Crippen LogP contribution in [0.3, 0.4) is 0 Å². The number of urea groups is 1. The van der Waals surface area contributed by atoms with Crippen molar-refractivity contribution in [1.29, 1.82) is 0 Å². The van der Waals surface area contributed by atoms with Crippen molar-refractivity contribution in [2.45, 2.75) is 25.4 Å². The first-order valence-electron chi connectivity index (χ1n) is 9.05. The fourth-order valence-corrected chi connectivity index (χ4v) is 3.89. The highest BCUT2D eigenvalue weighted by Gasteiger charge is 2.45. The van der Waals surface area contributed by atoms with E-state index in [0.717, 1.165) is 28.2 Å². The molecule has 2 aromatic carbocycles. The summed E-state index contributed by atoms with van der Waals surface area (Å²) in [7, 11) is 1.89. The van der Waals surface area contributed by atoms with Gasteiger partial charge in [0.2, 0.25) is 0 Å². The molecule has 0 spiro atoms. The lowest BCUT2D eigenvalue weighted by molar-refractivity contribution is -0.144. The van der Waals surface area contributed by atoms with Crippen molar-refractivity contribution in [3.05, 3.63) is 71.3 Å². The Morgan fingerprint density at radius 3 is 2.37 bits per heavy atom. The van der Waals surface area contributed by atoms with Gasteiger partial charge in [-0.1, -0.05) is 54.6 Å². The monoisotopic (exact) mass is 363 g/mol. The fourth-order valence-electron chi connectivity index (χ4n) is 3.89. The molecule has 27 heavy (non-hydrogen) atoms. The summed E-state index contributed by atoms with van der Waals surface area (Å²) in [5, 5.41) is 0. The minimum atomic E-state index is -0.760. The van der Waals surface area contributed by atoms with Gasteiger partial charge in [-0.05, 0) is 36.6 Å². The van der Waals surface area contributed by atoms with Crippen LogP contribution in [0.5, 0.6) is 0 Å². The van der Waals surface area contributed by atoms with Crippen molar-refractivity contribution in [3.63, 3.8) is 0 Å². The summed E-state index contributed by atoms with van der Waals surface area (Å²) in [6.45, 7) is 0.213. The lowest BCUT2D eigenvalue weighted by atomic mass is 10.1. The third kappa shape index (κ3) is 3.13. The number of nitrogens with zero attached hydrogens (tertiary/aromatic N) is 3. The van der Waals surface area contributed by atoms with Crippen LogP contribution in [0.25, 0.3) is 0 Å². The lowest BCUT2D eigenvalue weighted by Gasteiger charge is -2.28. The molecule has 2 aromatic rings. The molecule has 0 aromatic heterocycles. The van der Waals surface area contributed by atoms with Crippen molar-refractivity contribution in [3.8, 4) is 0 Å². The molecule has 0 radical (unpaired) electrons. The Balaban J connectivity index is 1.48. The molecule has 4 rings (SSSR count). The van der Waals surface area contributed by atoms with Gasteiger partial charge in [-0.3, -0.25) is 19.4 Å². The molecule has 1 aliphatic heterocycles. The molecule has 1 fully saturated rings. The molecule has 1 aliphatic carbocycles. The molecule has 0 unspecified atom stereocenters. The van der Waals surface area contributed by atoms with E-state index < -0.39 is 17.8 Å². The van der Waals surface area contributed by atoms with Crippen LogP contribution in [-0.2, 0) is 22.6 Å². The molecule has 1 atom stereocenters. The van der Waals surface area contributed by atoms with Gasteiger partial charge < -0.3 is 0 Å². The average Bonchev–Trinajstić information content (AvgIpc) is 3.20. The second-order valence-corrected chi connectivity index (χ2v) is 7.04. The van der Waals surface area contributed by atoms with Crippen LogP contribution in [0.2, 0.25) is 0 Å². The van der Waals surface area contributed by atoms with E-state index in [9.17, 15) is 14.4 Å². The van der Waals surface area contributed by atoms with E-state index in [-0.39, 0.29) is 19.3 Å². The molecule has 138 valence electrons. The van der Waals surface area contributed by atoms with Gasteiger partial charge in [0.25, 0.3) is 0 Å². The molecular formula is C21H21N3O3. The highest BCUT2D eigenvalue weighted by atomic mass is 16.2. The lowest BCUT2D eigenvalue weighted by Crippen LogP contribution is -2.41. The second-order valence-electron chi connectivity index (χ2n) is 7.04. The normalized spacial score (nSPS) is 19.3. The van der Waals surface area contributed by atoms with Crippen LogP contribution in [0, 0.1) is 0 Å². The number of fused-ring (bicyclic) bond motifs is 1. The van der Waals surface area contributed by atoms with Crippen molar-refractivity contribution < 1.29 is 14.4 Å². The summed E-state index contributed by atoms with van der Waals surface area (Å²) >= 11 is 0. The summed E-state index contributed by atoms with van der Waals surface area (Å²) in [5.41, 5.74) is 3.34. The van der Waals surface area contributed by atoms with Gasteiger partial charge in [-0.15, -0.1) is 0 Å². The number of benzene rings is 2. The average molecular weight is 363 g/mol. The standard InChI is InChI=1S/C21H21N3O3/c1-22(18-12-11-16-9-5-6-10-17(16)18)14-24-20(26)19(25)23(21(24)27)13-15-7-3-2-4-8-15/h2-10,18H,11-14H2,1H3/t18-/m0/s1. The number of hydrogen-bond donors (Lipinski definition) is 0. The summed E-state index contributed by atoms with van der Waals surface area (Å²) in [6, 6.07) is 17.0. The smallest absolute Gasteiger partial charge is 0.281 e. The van der Waals surface area contributed by atoms with E-state index >= 15 is 0 Å². The molecule has 6 heteroatoms. The van der Waals surface area contributed by atoms with Gasteiger partial charge in [0.05, 0.1) is 13.2 Å². The molecule has 0 N–H and O–H groups in total. The summed E-state index contributed by atoms with van der Waals surface area (Å²) < 4.78 is 0. The third-order valence-electron chi connectivity index (χ3n) is 5.32. The number of carbonyl (C=O) groups is 3. The Hall–Kier alpha value is -2.99. The quantitative estimate of drug-likeness (QED) is 0.605. The van der Waals surface area contributed by atoms with Crippen LogP contribution in [0.15, 0.2) is 54.6 Å². The van der Waals surface area contributed by atoms with Crippen molar-refractivity contribution >= 4 is 17.8 Å². The third-order valence-corrected chi connectivity index (χ3v) is 5.32. The van der Waals surface area contributed by atoms with Crippen LogP contribution < -0.4 is 0 Å². The second kappa shape index (κ2) is 6.96. The predicted octanol–water partition coefficient (Wildman–Crippen LogP) is 2.55. The van der Waals surface area contributed by atoms with Gasteiger partial charge in [0, 0.05) is 6.04 Å². The van der Waals surface area contributed by atoms with E-state index in [1.54, 1.807) is 0 Å². The molecule has 0 saturated carbocycles. The molecule has 1 heterocycles. The molecule has 0 bridgehead atoms. The van der Waals surface area contributed by atoms with Crippen molar-refractivity contribution in [2.24, 2.45) is 0 Å². The first kappa shape index (κ1) is 17.4. The number of carbonyl (C=O) groups excluding carboxylic acids is 3. The van der Waals surface area contributed by atoms with E-state index in [4.69, 9.17) is 0 Å². The fraction of sp³-hybridized carbons (Fsp3) is 0.286. The van der Waals surface area contributed by atoms with E-state index in [1.807, 2.05) is 54.4 Å². The first-order chi connectivity index (χ1) is 13.1.